The Morgan fingerprint density at radius 1 is 1.17 bits per heavy atom. The largest absolute Gasteiger partial charge is 0.508 e. The number of rotatable bonds is 1. The van der Waals surface area contributed by atoms with Gasteiger partial charge in [-0.15, -0.1) is 12.4 Å². The molecule has 0 unspecified atom stereocenters. The molecule has 1 fully saturated rings. The van der Waals surface area contributed by atoms with Crippen LogP contribution < -0.4 is 5.32 Å². The maximum Gasteiger partial charge on any atom is 0.416 e. The predicted molar refractivity (Wildman–Crippen MR) is 65.2 cm³/mol. The average molecular weight is 282 g/mol. The van der Waals surface area contributed by atoms with E-state index in [4.69, 9.17) is 0 Å². The molecule has 2 nitrogen and oxygen atoms in total. The van der Waals surface area contributed by atoms with Crippen molar-refractivity contribution in [3.63, 3.8) is 0 Å². The highest BCUT2D eigenvalue weighted by atomic mass is 35.5. The summed E-state index contributed by atoms with van der Waals surface area (Å²) in [6, 6.07) is 3.13. The average Bonchev–Trinajstić information content (AvgIpc) is 2.29. The lowest BCUT2D eigenvalue weighted by Crippen LogP contribution is -2.26. The summed E-state index contributed by atoms with van der Waals surface area (Å²) in [5.41, 5.74) is -0.273. The van der Waals surface area contributed by atoms with E-state index in [1.54, 1.807) is 0 Å². The highest BCUT2D eigenvalue weighted by Gasteiger charge is 2.32. The van der Waals surface area contributed by atoms with Gasteiger partial charge in [0.15, 0.2) is 0 Å². The van der Waals surface area contributed by atoms with E-state index in [0.29, 0.717) is 5.56 Å². The maximum atomic E-state index is 12.6. The van der Waals surface area contributed by atoms with Crippen molar-refractivity contribution >= 4 is 12.4 Å². The van der Waals surface area contributed by atoms with Crippen LogP contribution in [-0.2, 0) is 6.18 Å². The number of piperidine rings is 1. The maximum absolute atomic E-state index is 12.6. The molecule has 0 amide bonds. The molecule has 0 saturated carbocycles. The van der Waals surface area contributed by atoms with E-state index >= 15 is 0 Å². The normalized spacial score (nSPS) is 17.3. The number of nitrogens with one attached hydrogen (secondary N) is 1. The van der Waals surface area contributed by atoms with Crippen LogP contribution in [0.3, 0.4) is 0 Å². The van der Waals surface area contributed by atoms with Gasteiger partial charge < -0.3 is 10.4 Å². The molecule has 0 bridgehead atoms. The van der Waals surface area contributed by atoms with Crippen molar-refractivity contribution in [2.75, 3.05) is 13.1 Å². The second-order valence-electron chi connectivity index (χ2n) is 4.30. The summed E-state index contributed by atoms with van der Waals surface area (Å²) in [5.74, 6) is -0.0246. The van der Waals surface area contributed by atoms with Gasteiger partial charge in [-0.1, -0.05) is 0 Å². The fourth-order valence-corrected chi connectivity index (χ4v) is 2.19. The SMILES string of the molecule is Cl.Oc1ccc(C(F)(F)F)cc1C1CCNCC1. The second-order valence-corrected chi connectivity index (χ2v) is 4.30. The zero-order chi connectivity index (χ0) is 12.5. The molecular weight excluding hydrogens is 267 g/mol. The molecule has 1 heterocycles. The number of hydrogen-bond acceptors (Lipinski definition) is 2. The Kier molecular flexibility index (Phi) is 4.87. The Bertz CT molecular complexity index is 403. The van der Waals surface area contributed by atoms with Gasteiger partial charge in [-0.2, -0.15) is 13.2 Å². The summed E-state index contributed by atoms with van der Waals surface area (Å²) in [6.45, 7) is 1.56. The van der Waals surface area contributed by atoms with E-state index in [9.17, 15) is 18.3 Å². The summed E-state index contributed by atoms with van der Waals surface area (Å²) in [7, 11) is 0. The molecular formula is C12H15ClF3NO. The predicted octanol–water partition coefficient (Wildman–Crippen LogP) is 3.30. The molecule has 0 aromatic heterocycles. The van der Waals surface area contributed by atoms with Gasteiger partial charge in [-0.05, 0) is 55.6 Å². The molecule has 18 heavy (non-hydrogen) atoms. The minimum absolute atomic E-state index is 0. The topological polar surface area (TPSA) is 32.3 Å². The van der Waals surface area contributed by atoms with E-state index in [2.05, 4.69) is 5.32 Å². The Morgan fingerprint density at radius 2 is 1.78 bits per heavy atom. The van der Waals surface area contributed by atoms with Gasteiger partial charge in [0, 0.05) is 0 Å². The monoisotopic (exact) mass is 281 g/mol. The zero-order valence-electron chi connectivity index (χ0n) is 9.63. The molecule has 1 saturated heterocycles. The first-order valence-electron chi connectivity index (χ1n) is 5.59. The summed E-state index contributed by atoms with van der Waals surface area (Å²) < 4.78 is 37.7. The van der Waals surface area contributed by atoms with Crippen LogP contribution in [0, 0.1) is 0 Å². The van der Waals surface area contributed by atoms with Gasteiger partial charge in [0.05, 0.1) is 5.56 Å². The Labute approximate surface area is 110 Å². The van der Waals surface area contributed by atoms with Gasteiger partial charge in [-0.25, -0.2) is 0 Å². The number of halogens is 4. The number of hydrogen-bond donors (Lipinski definition) is 2. The van der Waals surface area contributed by atoms with E-state index in [1.807, 2.05) is 0 Å². The molecule has 1 aromatic carbocycles. The van der Waals surface area contributed by atoms with Crippen molar-refractivity contribution in [2.45, 2.75) is 24.9 Å². The smallest absolute Gasteiger partial charge is 0.416 e. The molecule has 1 aliphatic rings. The number of phenols is 1. The number of alkyl halides is 3. The summed E-state index contributed by atoms with van der Waals surface area (Å²) in [4.78, 5) is 0. The summed E-state index contributed by atoms with van der Waals surface area (Å²) in [6.07, 6.45) is -2.83. The van der Waals surface area contributed by atoms with Crippen molar-refractivity contribution in [3.05, 3.63) is 29.3 Å². The van der Waals surface area contributed by atoms with Crippen molar-refractivity contribution in [2.24, 2.45) is 0 Å². The second kappa shape index (κ2) is 5.80. The lowest BCUT2D eigenvalue weighted by Gasteiger charge is -2.24. The van der Waals surface area contributed by atoms with Crippen LogP contribution in [0.25, 0.3) is 0 Å². The first kappa shape index (κ1) is 15.1. The quantitative estimate of drug-likeness (QED) is 0.828. The molecule has 6 heteroatoms. The van der Waals surface area contributed by atoms with E-state index < -0.39 is 11.7 Å². The van der Waals surface area contributed by atoms with Crippen LogP contribution in [0.2, 0.25) is 0 Å². The zero-order valence-corrected chi connectivity index (χ0v) is 10.4. The minimum atomic E-state index is -4.35. The molecule has 2 N–H and O–H groups in total. The fourth-order valence-electron chi connectivity index (χ4n) is 2.19. The molecule has 0 radical (unpaired) electrons. The minimum Gasteiger partial charge on any atom is -0.508 e. The fraction of sp³-hybridized carbons (Fsp3) is 0.500. The van der Waals surface area contributed by atoms with Crippen molar-refractivity contribution in [3.8, 4) is 5.75 Å². The van der Waals surface area contributed by atoms with Crippen LogP contribution in [-0.4, -0.2) is 18.2 Å². The van der Waals surface area contributed by atoms with Gasteiger partial charge >= 0.3 is 6.18 Å². The number of phenolic OH excluding ortho intramolecular Hbond substituents is 1. The van der Waals surface area contributed by atoms with Gasteiger partial charge in [0.2, 0.25) is 0 Å². The van der Waals surface area contributed by atoms with Crippen LogP contribution in [0.15, 0.2) is 18.2 Å². The van der Waals surface area contributed by atoms with Crippen molar-refractivity contribution in [1.29, 1.82) is 0 Å². The first-order valence-corrected chi connectivity index (χ1v) is 5.59. The van der Waals surface area contributed by atoms with Gasteiger partial charge in [0.1, 0.15) is 5.75 Å². The van der Waals surface area contributed by atoms with Crippen molar-refractivity contribution < 1.29 is 18.3 Å². The highest BCUT2D eigenvalue weighted by Crippen LogP contribution is 2.37. The Morgan fingerprint density at radius 3 is 2.33 bits per heavy atom. The number of benzene rings is 1. The molecule has 0 spiro atoms. The van der Waals surface area contributed by atoms with Crippen LogP contribution in [0.4, 0.5) is 13.2 Å². The molecule has 0 atom stereocenters. The Hall–Kier alpha value is -0.940. The van der Waals surface area contributed by atoms with Crippen molar-refractivity contribution in [1.82, 2.24) is 5.32 Å². The van der Waals surface area contributed by atoms with Crippen LogP contribution in [0.5, 0.6) is 5.75 Å². The molecule has 0 aliphatic carbocycles. The molecule has 102 valence electrons. The molecule has 1 aliphatic heterocycles. The highest BCUT2D eigenvalue weighted by molar-refractivity contribution is 5.85. The summed E-state index contributed by atoms with van der Waals surface area (Å²) >= 11 is 0. The lowest BCUT2D eigenvalue weighted by molar-refractivity contribution is -0.137. The van der Waals surface area contributed by atoms with Crippen LogP contribution in [0.1, 0.15) is 29.9 Å². The van der Waals surface area contributed by atoms with Crippen LogP contribution >= 0.6 is 12.4 Å². The van der Waals surface area contributed by atoms with Gasteiger partial charge in [-0.3, -0.25) is 0 Å². The third-order valence-electron chi connectivity index (χ3n) is 3.13. The molecule has 2 rings (SSSR count). The van der Waals surface area contributed by atoms with E-state index in [0.717, 1.165) is 44.1 Å². The van der Waals surface area contributed by atoms with Gasteiger partial charge in [0.25, 0.3) is 0 Å². The van der Waals surface area contributed by atoms with E-state index in [1.165, 1.54) is 0 Å². The number of aromatic hydroxyl groups is 1. The lowest BCUT2D eigenvalue weighted by atomic mass is 9.88. The summed E-state index contributed by atoms with van der Waals surface area (Å²) in [5, 5.41) is 12.8. The third kappa shape index (κ3) is 3.29. The molecule has 1 aromatic rings. The first-order chi connectivity index (χ1) is 7.98. The Balaban J connectivity index is 0.00000162. The van der Waals surface area contributed by atoms with E-state index in [-0.39, 0.29) is 24.1 Å². The standard InChI is InChI=1S/C12H14F3NO.ClH/c13-12(14,15)9-1-2-11(17)10(7-9)8-3-5-16-6-4-8;/h1-2,7-8,16-17H,3-6H2;1H. The third-order valence-corrected chi connectivity index (χ3v) is 3.13.